The van der Waals surface area contributed by atoms with E-state index >= 15 is 0 Å². The fourth-order valence-electron chi connectivity index (χ4n) is 3.85. The second kappa shape index (κ2) is 22.1. The van der Waals surface area contributed by atoms with Crippen molar-refractivity contribution < 1.29 is 19.4 Å². The summed E-state index contributed by atoms with van der Waals surface area (Å²) in [7, 11) is 0. The molecule has 3 N–H and O–H groups in total. The normalized spacial score (nSPS) is 18.3. The maximum absolute atomic E-state index is 12.5. The number of carbonyl (C=O) groups excluding carboxylic acids is 2. The topological polar surface area (TPSA) is 123 Å². The molecule has 1 aliphatic heterocycles. The Balaban J connectivity index is 1.56. The summed E-state index contributed by atoms with van der Waals surface area (Å²) in [5.74, 6) is -0.102. The zero-order valence-corrected chi connectivity index (χ0v) is 26.1. The van der Waals surface area contributed by atoms with Crippen LogP contribution >= 0.6 is 11.8 Å². The Morgan fingerprint density at radius 1 is 1.00 bits per heavy atom. The molecule has 43 heavy (non-hydrogen) atoms. The van der Waals surface area contributed by atoms with Crippen molar-refractivity contribution in [1.82, 2.24) is 14.9 Å². The maximum atomic E-state index is 12.5. The summed E-state index contributed by atoms with van der Waals surface area (Å²) in [5, 5.41) is 14.4. The molecule has 234 valence electrons. The number of aliphatic hydroxyl groups excluding tert-OH is 1. The number of thioether (sulfide) groups is 1. The van der Waals surface area contributed by atoms with Crippen LogP contribution in [0.3, 0.4) is 0 Å². The molecule has 0 saturated carbocycles. The van der Waals surface area contributed by atoms with Crippen LogP contribution in [0.1, 0.15) is 71.4 Å². The van der Waals surface area contributed by atoms with Gasteiger partial charge in [-0.05, 0) is 57.9 Å². The Bertz CT molecular complexity index is 1220. The van der Waals surface area contributed by atoms with E-state index < -0.39 is 23.9 Å². The molecule has 2 heterocycles. The molecule has 3 unspecified atom stereocenters. The molecule has 0 aliphatic carbocycles. The van der Waals surface area contributed by atoms with Crippen LogP contribution in [0.15, 0.2) is 90.0 Å². The van der Waals surface area contributed by atoms with Crippen LogP contribution in [-0.2, 0) is 14.3 Å². The molecule has 0 radical (unpaired) electrons. The number of allylic oxidation sites excluding steroid dienone is 12. The standard InChI is InChI=1S/C33H46N4O5S/c1-3-4-5-6-7-8-9-10-11-12-13-14-15-16-17-18-19-20-21-22-29(39)34-27(2)32(40)35-28-23-24-37(33(41)36-28)30-26-43-31(25-38)42-30/h4-5,7-8,10-11,13-14,16-17,19-20,23-24,27,30-31,38H,3,6,9,12,15,18,21-22,25-26H2,1-2H3,(H,34,39)(H,35,36,40,41). The third-order valence-electron chi connectivity index (χ3n) is 6.18. The van der Waals surface area contributed by atoms with Gasteiger partial charge in [0.15, 0.2) is 0 Å². The number of aromatic nitrogens is 2. The van der Waals surface area contributed by atoms with Gasteiger partial charge in [0, 0.05) is 18.4 Å². The molecule has 0 aromatic carbocycles. The van der Waals surface area contributed by atoms with Crippen LogP contribution in [-0.4, -0.2) is 50.3 Å². The van der Waals surface area contributed by atoms with Crippen molar-refractivity contribution in [2.24, 2.45) is 0 Å². The van der Waals surface area contributed by atoms with Crippen molar-refractivity contribution in [1.29, 1.82) is 0 Å². The number of amides is 2. The highest BCUT2D eigenvalue weighted by Crippen LogP contribution is 2.30. The first-order valence-electron chi connectivity index (χ1n) is 14.9. The molecule has 10 heteroatoms. The number of nitrogens with one attached hydrogen (secondary N) is 2. The van der Waals surface area contributed by atoms with Gasteiger partial charge in [-0.25, -0.2) is 4.79 Å². The first kappa shape index (κ1) is 35.7. The lowest BCUT2D eigenvalue weighted by molar-refractivity contribution is -0.126. The fraction of sp³-hybridized carbons (Fsp3) is 0.455. The first-order valence-corrected chi connectivity index (χ1v) is 16.0. The molecule has 3 atom stereocenters. The predicted octanol–water partition coefficient (Wildman–Crippen LogP) is 5.74. The minimum atomic E-state index is -0.790. The number of aliphatic hydroxyl groups is 1. The van der Waals surface area contributed by atoms with E-state index in [2.05, 4.69) is 83.3 Å². The maximum Gasteiger partial charge on any atom is 0.351 e. The van der Waals surface area contributed by atoms with Crippen LogP contribution in [0, 0.1) is 0 Å². The molecular weight excluding hydrogens is 564 g/mol. The number of carbonyl (C=O) groups is 2. The summed E-state index contributed by atoms with van der Waals surface area (Å²) in [4.78, 5) is 40.9. The van der Waals surface area contributed by atoms with E-state index in [4.69, 9.17) is 4.74 Å². The predicted molar refractivity (Wildman–Crippen MR) is 176 cm³/mol. The summed E-state index contributed by atoms with van der Waals surface area (Å²) in [6.45, 7) is 3.58. The van der Waals surface area contributed by atoms with Crippen LogP contribution in [0.4, 0.5) is 5.82 Å². The van der Waals surface area contributed by atoms with Crippen molar-refractivity contribution in [3.63, 3.8) is 0 Å². The molecule has 0 bridgehead atoms. The highest BCUT2D eigenvalue weighted by atomic mass is 32.2. The van der Waals surface area contributed by atoms with Gasteiger partial charge in [0.2, 0.25) is 11.8 Å². The van der Waals surface area contributed by atoms with Gasteiger partial charge in [-0.3, -0.25) is 14.2 Å². The quantitative estimate of drug-likeness (QED) is 0.171. The van der Waals surface area contributed by atoms with Gasteiger partial charge in [0.1, 0.15) is 23.5 Å². The largest absolute Gasteiger partial charge is 0.393 e. The second-order valence-electron chi connectivity index (χ2n) is 9.77. The third kappa shape index (κ3) is 15.5. The highest BCUT2D eigenvalue weighted by Gasteiger charge is 2.27. The smallest absolute Gasteiger partial charge is 0.351 e. The zero-order valence-electron chi connectivity index (χ0n) is 25.3. The molecule has 0 spiro atoms. The monoisotopic (exact) mass is 610 g/mol. The number of nitrogens with zero attached hydrogens (tertiary/aromatic N) is 2. The summed E-state index contributed by atoms with van der Waals surface area (Å²) in [5.41, 5.74) is -0.949. The number of anilines is 1. The van der Waals surface area contributed by atoms with Gasteiger partial charge in [0.05, 0.1) is 6.61 Å². The SMILES string of the molecule is CCC=CCC=CCC=CCC=CCC=CCC=CCCC(=O)NC(C)C(=O)Nc1ccn(C2CSC(CO)O2)c(=O)n1. The zero-order chi connectivity index (χ0) is 31.1. The highest BCUT2D eigenvalue weighted by molar-refractivity contribution is 8.00. The molecular formula is C33H46N4O5S. The Morgan fingerprint density at radius 3 is 2.07 bits per heavy atom. The van der Waals surface area contributed by atoms with Crippen LogP contribution in [0.5, 0.6) is 0 Å². The van der Waals surface area contributed by atoms with E-state index in [0.29, 0.717) is 12.2 Å². The van der Waals surface area contributed by atoms with Crippen molar-refractivity contribution in [3.8, 4) is 0 Å². The minimum absolute atomic E-state index is 0.0923. The molecule has 1 aliphatic rings. The summed E-state index contributed by atoms with van der Waals surface area (Å²) in [6, 6.07) is 0.706. The average molecular weight is 611 g/mol. The van der Waals surface area contributed by atoms with E-state index in [1.54, 1.807) is 6.92 Å². The van der Waals surface area contributed by atoms with Gasteiger partial charge >= 0.3 is 5.69 Å². The number of ether oxygens (including phenoxy) is 1. The molecule has 1 saturated heterocycles. The van der Waals surface area contributed by atoms with E-state index in [-0.39, 0.29) is 30.2 Å². The summed E-state index contributed by atoms with van der Waals surface area (Å²) >= 11 is 1.41. The second-order valence-corrected chi connectivity index (χ2v) is 11.0. The lowest BCUT2D eigenvalue weighted by atomic mass is 10.2. The van der Waals surface area contributed by atoms with Crippen LogP contribution < -0.4 is 16.3 Å². The summed E-state index contributed by atoms with van der Waals surface area (Å²) < 4.78 is 6.89. The first-order chi connectivity index (χ1) is 20.9. The lowest BCUT2D eigenvalue weighted by Gasteiger charge is -2.15. The van der Waals surface area contributed by atoms with Crippen molar-refractivity contribution in [2.45, 2.75) is 82.9 Å². The van der Waals surface area contributed by atoms with Crippen molar-refractivity contribution in [2.75, 3.05) is 17.7 Å². The average Bonchev–Trinajstić information content (AvgIpc) is 3.47. The Morgan fingerprint density at radius 2 is 1.56 bits per heavy atom. The molecule has 1 aromatic heterocycles. The van der Waals surface area contributed by atoms with E-state index in [1.807, 2.05) is 12.2 Å². The van der Waals surface area contributed by atoms with E-state index in [1.165, 1.54) is 28.6 Å². The Hall–Kier alpha value is -3.47. The van der Waals surface area contributed by atoms with Gasteiger partial charge in [-0.1, -0.05) is 79.8 Å². The third-order valence-corrected chi connectivity index (χ3v) is 7.29. The van der Waals surface area contributed by atoms with Crippen LogP contribution in [0.25, 0.3) is 0 Å². The molecule has 9 nitrogen and oxygen atoms in total. The number of rotatable bonds is 19. The Kier molecular flexibility index (Phi) is 18.4. The summed E-state index contributed by atoms with van der Waals surface area (Å²) in [6.07, 6.45) is 33.1. The number of hydrogen-bond donors (Lipinski definition) is 3. The molecule has 1 fully saturated rings. The van der Waals surface area contributed by atoms with Crippen molar-refractivity contribution in [3.05, 3.63) is 95.7 Å². The van der Waals surface area contributed by atoms with E-state index in [9.17, 15) is 19.5 Å². The minimum Gasteiger partial charge on any atom is -0.393 e. The molecule has 2 rings (SSSR count). The van der Waals surface area contributed by atoms with Gasteiger partial charge in [0.25, 0.3) is 0 Å². The van der Waals surface area contributed by atoms with Gasteiger partial charge in [-0.15, -0.1) is 11.8 Å². The lowest BCUT2D eigenvalue weighted by Crippen LogP contribution is -2.42. The van der Waals surface area contributed by atoms with E-state index in [0.717, 1.165) is 38.5 Å². The molecule has 1 aromatic rings. The van der Waals surface area contributed by atoms with Crippen molar-refractivity contribution >= 4 is 29.4 Å². The fourth-order valence-corrected chi connectivity index (χ4v) is 4.78. The number of hydrogen-bond acceptors (Lipinski definition) is 7. The van der Waals surface area contributed by atoms with Gasteiger partial charge in [-0.2, -0.15) is 4.98 Å². The van der Waals surface area contributed by atoms with Gasteiger partial charge < -0.3 is 20.5 Å². The van der Waals surface area contributed by atoms with Crippen LogP contribution in [0.2, 0.25) is 0 Å². The molecule has 2 amide bonds. The Labute approximate surface area is 259 Å².